The quantitative estimate of drug-likeness (QED) is 0.815. The van der Waals surface area contributed by atoms with Crippen LogP contribution in [-0.2, 0) is 6.54 Å². The van der Waals surface area contributed by atoms with E-state index in [9.17, 15) is 0 Å². The van der Waals surface area contributed by atoms with Crippen LogP contribution in [0.3, 0.4) is 0 Å². The number of rotatable bonds is 4. The lowest BCUT2D eigenvalue weighted by atomic mass is 10.1. The molecule has 1 fully saturated rings. The van der Waals surface area contributed by atoms with Gasteiger partial charge in [-0.2, -0.15) is 0 Å². The van der Waals surface area contributed by atoms with Crippen LogP contribution in [0.25, 0.3) is 0 Å². The van der Waals surface area contributed by atoms with Gasteiger partial charge in [0.15, 0.2) is 0 Å². The fourth-order valence-electron chi connectivity index (χ4n) is 2.92. The van der Waals surface area contributed by atoms with E-state index in [1.807, 2.05) is 0 Å². The standard InChI is InChI=1S/C16H25NO/c1-13-11-14(9-10-16(13)18-2)12-17-15-7-5-3-4-6-8-15/h9-11,15,17H,3-8,12H2,1-2H3/p+1. The fourth-order valence-corrected chi connectivity index (χ4v) is 2.92. The summed E-state index contributed by atoms with van der Waals surface area (Å²) in [6.07, 6.45) is 8.51. The van der Waals surface area contributed by atoms with E-state index in [-0.39, 0.29) is 0 Å². The highest BCUT2D eigenvalue weighted by molar-refractivity contribution is 5.35. The Hall–Kier alpha value is -1.02. The third-order valence-corrected chi connectivity index (χ3v) is 4.05. The molecule has 1 aromatic rings. The Labute approximate surface area is 111 Å². The number of hydrogen-bond donors (Lipinski definition) is 1. The van der Waals surface area contributed by atoms with Crippen molar-refractivity contribution in [3.8, 4) is 5.75 Å². The maximum absolute atomic E-state index is 5.30. The molecular formula is C16H26NO+. The van der Waals surface area contributed by atoms with E-state index in [0.29, 0.717) is 0 Å². The molecule has 0 bridgehead atoms. The van der Waals surface area contributed by atoms with Crippen LogP contribution in [0.15, 0.2) is 18.2 Å². The Morgan fingerprint density at radius 1 is 1.17 bits per heavy atom. The minimum atomic E-state index is 0.843. The summed E-state index contributed by atoms with van der Waals surface area (Å²) in [5.74, 6) is 0.994. The van der Waals surface area contributed by atoms with Crippen molar-refractivity contribution >= 4 is 0 Å². The van der Waals surface area contributed by atoms with Crippen LogP contribution < -0.4 is 10.1 Å². The Balaban J connectivity index is 1.87. The lowest BCUT2D eigenvalue weighted by molar-refractivity contribution is -0.705. The summed E-state index contributed by atoms with van der Waals surface area (Å²) < 4.78 is 5.30. The molecule has 0 spiro atoms. The van der Waals surface area contributed by atoms with Gasteiger partial charge in [-0.05, 0) is 56.4 Å². The summed E-state index contributed by atoms with van der Waals surface area (Å²) in [4.78, 5) is 0. The van der Waals surface area contributed by atoms with Gasteiger partial charge >= 0.3 is 0 Å². The van der Waals surface area contributed by atoms with E-state index in [2.05, 4.69) is 30.4 Å². The monoisotopic (exact) mass is 248 g/mol. The van der Waals surface area contributed by atoms with Gasteiger partial charge in [-0.25, -0.2) is 0 Å². The molecule has 0 amide bonds. The molecule has 0 aliphatic heterocycles. The Morgan fingerprint density at radius 3 is 2.50 bits per heavy atom. The molecule has 100 valence electrons. The number of methoxy groups -OCH3 is 1. The third kappa shape index (κ3) is 3.74. The molecular weight excluding hydrogens is 222 g/mol. The van der Waals surface area contributed by atoms with Crippen molar-refractivity contribution in [1.82, 2.24) is 0 Å². The van der Waals surface area contributed by atoms with E-state index in [4.69, 9.17) is 4.74 Å². The van der Waals surface area contributed by atoms with Crippen molar-refractivity contribution in [1.29, 1.82) is 0 Å². The number of hydrogen-bond acceptors (Lipinski definition) is 1. The van der Waals surface area contributed by atoms with Crippen LogP contribution in [0.4, 0.5) is 0 Å². The van der Waals surface area contributed by atoms with E-state index in [1.54, 1.807) is 7.11 Å². The Morgan fingerprint density at radius 2 is 1.89 bits per heavy atom. The Bertz CT molecular complexity index is 367. The molecule has 2 heteroatoms. The second-order valence-electron chi connectivity index (χ2n) is 5.50. The Kier molecular flexibility index (Phi) is 5.06. The lowest BCUT2D eigenvalue weighted by Crippen LogP contribution is -2.88. The molecule has 0 radical (unpaired) electrons. The molecule has 0 heterocycles. The molecule has 0 aromatic heterocycles. The number of quaternary nitrogens is 1. The van der Waals surface area contributed by atoms with Gasteiger partial charge in [-0.1, -0.05) is 12.8 Å². The SMILES string of the molecule is COc1ccc(C[NH2+]C2CCCCCC2)cc1C. The van der Waals surface area contributed by atoms with Crippen LogP contribution in [0.2, 0.25) is 0 Å². The van der Waals surface area contributed by atoms with Crippen LogP contribution in [0.5, 0.6) is 5.75 Å². The first kappa shape index (κ1) is 13.4. The highest BCUT2D eigenvalue weighted by atomic mass is 16.5. The normalized spacial score (nSPS) is 17.4. The maximum atomic E-state index is 5.30. The topological polar surface area (TPSA) is 25.8 Å². The second kappa shape index (κ2) is 6.79. The molecule has 1 aliphatic carbocycles. The van der Waals surface area contributed by atoms with Crippen molar-refractivity contribution < 1.29 is 10.1 Å². The van der Waals surface area contributed by atoms with Gasteiger partial charge in [0.05, 0.1) is 13.2 Å². The minimum absolute atomic E-state index is 0.843. The summed E-state index contributed by atoms with van der Waals surface area (Å²) in [5, 5.41) is 2.53. The molecule has 2 nitrogen and oxygen atoms in total. The summed E-state index contributed by atoms with van der Waals surface area (Å²) in [5.41, 5.74) is 2.65. The van der Waals surface area contributed by atoms with Gasteiger partial charge < -0.3 is 10.1 Å². The lowest BCUT2D eigenvalue weighted by Gasteiger charge is -2.13. The van der Waals surface area contributed by atoms with Gasteiger partial charge in [-0.3, -0.25) is 0 Å². The third-order valence-electron chi connectivity index (χ3n) is 4.05. The molecule has 1 saturated carbocycles. The van der Waals surface area contributed by atoms with Crippen molar-refractivity contribution in [3.63, 3.8) is 0 Å². The zero-order valence-corrected chi connectivity index (χ0v) is 11.7. The van der Waals surface area contributed by atoms with Crippen molar-refractivity contribution in [2.75, 3.05) is 7.11 Å². The predicted octanol–water partition coefficient (Wildman–Crippen LogP) is 2.79. The van der Waals surface area contributed by atoms with Crippen LogP contribution in [0.1, 0.15) is 49.7 Å². The van der Waals surface area contributed by atoms with Gasteiger partial charge in [-0.15, -0.1) is 0 Å². The van der Waals surface area contributed by atoms with Crippen LogP contribution in [0, 0.1) is 6.92 Å². The molecule has 0 atom stereocenters. The van der Waals surface area contributed by atoms with Gasteiger partial charge in [0.2, 0.25) is 0 Å². The zero-order chi connectivity index (χ0) is 12.8. The van der Waals surface area contributed by atoms with E-state index >= 15 is 0 Å². The van der Waals surface area contributed by atoms with Crippen molar-refractivity contribution in [2.24, 2.45) is 0 Å². The summed E-state index contributed by atoms with van der Waals surface area (Å²) in [6, 6.07) is 7.38. The van der Waals surface area contributed by atoms with Crippen LogP contribution >= 0.6 is 0 Å². The zero-order valence-electron chi connectivity index (χ0n) is 11.7. The first-order valence-electron chi connectivity index (χ1n) is 7.26. The van der Waals surface area contributed by atoms with Gasteiger partial charge in [0.1, 0.15) is 12.3 Å². The average Bonchev–Trinajstić information content (AvgIpc) is 2.65. The van der Waals surface area contributed by atoms with E-state index in [0.717, 1.165) is 18.3 Å². The predicted molar refractivity (Wildman–Crippen MR) is 74.9 cm³/mol. The summed E-state index contributed by atoms with van der Waals surface area (Å²) >= 11 is 0. The highest BCUT2D eigenvalue weighted by Gasteiger charge is 2.14. The minimum Gasteiger partial charge on any atom is -0.496 e. The molecule has 18 heavy (non-hydrogen) atoms. The second-order valence-corrected chi connectivity index (χ2v) is 5.50. The van der Waals surface area contributed by atoms with E-state index < -0.39 is 0 Å². The molecule has 0 saturated heterocycles. The van der Waals surface area contributed by atoms with E-state index in [1.165, 1.54) is 49.7 Å². The number of nitrogens with two attached hydrogens (primary N) is 1. The highest BCUT2D eigenvalue weighted by Crippen LogP contribution is 2.18. The van der Waals surface area contributed by atoms with Crippen molar-refractivity contribution in [2.45, 2.75) is 58.0 Å². The summed E-state index contributed by atoms with van der Waals surface area (Å²) in [6.45, 7) is 3.23. The summed E-state index contributed by atoms with van der Waals surface area (Å²) in [7, 11) is 1.74. The molecule has 2 rings (SSSR count). The number of benzene rings is 1. The van der Waals surface area contributed by atoms with Crippen molar-refractivity contribution in [3.05, 3.63) is 29.3 Å². The molecule has 1 aromatic carbocycles. The maximum Gasteiger partial charge on any atom is 0.121 e. The van der Waals surface area contributed by atoms with Gasteiger partial charge in [0, 0.05) is 5.56 Å². The van der Waals surface area contributed by atoms with Crippen LogP contribution in [-0.4, -0.2) is 13.2 Å². The average molecular weight is 248 g/mol. The molecule has 2 N–H and O–H groups in total. The smallest absolute Gasteiger partial charge is 0.121 e. The largest absolute Gasteiger partial charge is 0.496 e. The first-order chi connectivity index (χ1) is 8.79. The fraction of sp³-hybridized carbons (Fsp3) is 0.625. The first-order valence-corrected chi connectivity index (χ1v) is 7.26. The number of ether oxygens (including phenoxy) is 1. The molecule has 0 unspecified atom stereocenters. The number of aryl methyl sites for hydroxylation is 1. The molecule has 1 aliphatic rings. The van der Waals surface area contributed by atoms with Gasteiger partial charge in [0.25, 0.3) is 0 Å².